The Bertz CT molecular complexity index is 481. The highest BCUT2D eigenvalue weighted by Gasteiger charge is 2.36. The lowest BCUT2D eigenvalue weighted by Crippen LogP contribution is -2.54. The van der Waals surface area contributed by atoms with Gasteiger partial charge in [-0.2, -0.15) is 0 Å². The van der Waals surface area contributed by atoms with Crippen LogP contribution in [-0.2, 0) is 9.53 Å². The number of nitrogens with two attached hydrogens (primary N) is 1. The number of rotatable bonds is 2. The fourth-order valence-corrected chi connectivity index (χ4v) is 2.42. The molecule has 0 bridgehead atoms. The molecule has 0 spiro atoms. The van der Waals surface area contributed by atoms with Gasteiger partial charge in [0.25, 0.3) is 0 Å². The third kappa shape index (κ3) is 3.17. The molecule has 1 aliphatic rings. The van der Waals surface area contributed by atoms with E-state index in [2.05, 4.69) is 5.32 Å². The van der Waals surface area contributed by atoms with Crippen molar-refractivity contribution in [3.05, 3.63) is 28.0 Å². The van der Waals surface area contributed by atoms with Gasteiger partial charge in [0.1, 0.15) is 11.4 Å². The molecule has 1 saturated heterocycles. The van der Waals surface area contributed by atoms with E-state index in [-0.39, 0.29) is 15.7 Å². The van der Waals surface area contributed by atoms with Crippen molar-refractivity contribution in [2.75, 3.05) is 18.5 Å². The smallest absolute Gasteiger partial charge is 0.244 e. The van der Waals surface area contributed by atoms with E-state index in [4.69, 9.17) is 33.7 Å². The predicted molar refractivity (Wildman–Crippen MR) is 72.0 cm³/mol. The number of amides is 1. The van der Waals surface area contributed by atoms with Crippen molar-refractivity contribution in [3.8, 4) is 0 Å². The second-order valence-electron chi connectivity index (χ2n) is 4.47. The van der Waals surface area contributed by atoms with Gasteiger partial charge in [-0.25, -0.2) is 4.39 Å². The third-order valence-corrected chi connectivity index (χ3v) is 3.68. The first-order chi connectivity index (χ1) is 8.92. The Morgan fingerprint density at radius 3 is 2.37 bits per heavy atom. The Kier molecular flexibility index (Phi) is 4.30. The summed E-state index contributed by atoms with van der Waals surface area (Å²) < 4.78 is 18.2. The standard InChI is InChI=1S/C12H13Cl2FN2O2/c13-8-5-7(15)6-9(14)10(8)17-11(18)12(16)1-3-19-4-2-12/h5-6H,1-4,16H2,(H,17,18). The summed E-state index contributed by atoms with van der Waals surface area (Å²) in [6.07, 6.45) is 0.824. The SMILES string of the molecule is NC1(C(=O)Nc2c(Cl)cc(F)cc2Cl)CCOCC1. The van der Waals surface area contributed by atoms with E-state index in [9.17, 15) is 9.18 Å². The average Bonchev–Trinajstić information content (AvgIpc) is 2.34. The highest BCUT2D eigenvalue weighted by atomic mass is 35.5. The van der Waals surface area contributed by atoms with Gasteiger partial charge in [-0.1, -0.05) is 23.2 Å². The van der Waals surface area contributed by atoms with Gasteiger partial charge in [-0.05, 0) is 25.0 Å². The van der Waals surface area contributed by atoms with Gasteiger partial charge in [0, 0.05) is 13.2 Å². The van der Waals surface area contributed by atoms with Gasteiger partial charge < -0.3 is 15.8 Å². The van der Waals surface area contributed by atoms with Gasteiger partial charge in [-0.15, -0.1) is 0 Å². The van der Waals surface area contributed by atoms with Crippen molar-refractivity contribution in [2.24, 2.45) is 5.73 Å². The fourth-order valence-electron chi connectivity index (χ4n) is 1.86. The first-order valence-electron chi connectivity index (χ1n) is 5.75. The molecule has 1 amide bonds. The Hall–Kier alpha value is -0.880. The summed E-state index contributed by atoms with van der Waals surface area (Å²) in [6, 6.07) is 2.16. The molecular weight excluding hydrogens is 294 g/mol. The molecule has 3 N–H and O–H groups in total. The average molecular weight is 307 g/mol. The van der Waals surface area contributed by atoms with Gasteiger partial charge >= 0.3 is 0 Å². The molecule has 1 aliphatic heterocycles. The van der Waals surface area contributed by atoms with Crippen molar-refractivity contribution < 1.29 is 13.9 Å². The lowest BCUT2D eigenvalue weighted by Gasteiger charge is -2.32. The molecule has 1 aromatic rings. The molecule has 0 saturated carbocycles. The van der Waals surface area contributed by atoms with Gasteiger partial charge in [0.15, 0.2) is 0 Å². The van der Waals surface area contributed by atoms with Gasteiger partial charge in [0.05, 0.1) is 15.7 Å². The van der Waals surface area contributed by atoms with E-state index < -0.39 is 17.3 Å². The number of anilines is 1. The second kappa shape index (κ2) is 5.63. The number of ether oxygens (including phenoxy) is 1. The predicted octanol–water partition coefficient (Wildman–Crippen LogP) is 2.58. The van der Waals surface area contributed by atoms with Crippen LogP contribution in [0.25, 0.3) is 0 Å². The van der Waals surface area contributed by atoms with Crippen molar-refractivity contribution in [1.82, 2.24) is 0 Å². The monoisotopic (exact) mass is 306 g/mol. The molecule has 1 heterocycles. The van der Waals surface area contributed by atoms with Crippen molar-refractivity contribution in [2.45, 2.75) is 18.4 Å². The summed E-state index contributed by atoms with van der Waals surface area (Å²) >= 11 is 11.7. The highest BCUT2D eigenvalue weighted by Crippen LogP contribution is 2.32. The summed E-state index contributed by atoms with van der Waals surface area (Å²) in [5, 5.41) is 2.64. The van der Waals surface area contributed by atoms with E-state index in [1.165, 1.54) is 0 Å². The number of halogens is 3. The first kappa shape index (κ1) is 14.5. The molecule has 1 fully saturated rings. The van der Waals surface area contributed by atoms with E-state index >= 15 is 0 Å². The quantitative estimate of drug-likeness (QED) is 0.882. The van der Waals surface area contributed by atoms with Crippen LogP contribution < -0.4 is 11.1 Å². The topological polar surface area (TPSA) is 64.4 Å². The molecule has 7 heteroatoms. The summed E-state index contributed by atoms with van der Waals surface area (Å²) in [5.74, 6) is -0.965. The van der Waals surface area contributed by atoms with E-state index in [0.717, 1.165) is 12.1 Å². The normalized spacial score (nSPS) is 18.1. The summed E-state index contributed by atoms with van der Waals surface area (Å²) in [7, 11) is 0. The minimum atomic E-state index is -1.01. The van der Waals surface area contributed by atoms with Crippen LogP contribution in [0.4, 0.5) is 10.1 Å². The van der Waals surface area contributed by atoms with Crippen LogP contribution in [0.3, 0.4) is 0 Å². The number of carbonyl (C=O) groups is 1. The van der Waals surface area contributed by atoms with Crippen LogP contribution in [0.2, 0.25) is 10.0 Å². The Labute approximate surface area is 120 Å². The van der Waals surface area contributed by atoms with E-state index in [0.29, 0.717) is 26.1 Å². The van der Waals surface area contributed by atoms with Crippen LogP contribution in [0.1, 0.15) is 12.8 Å². The van der Waals surface area contributed by atoms with E-state index in [1.54, 1.807) is 0 Å². The molecule has 1 aromatic carbocycles. The zero-order valence-electron chi connectivity index (χ0n) is 10.0. The zero-order valence-corrected chi connectivity index (χ0v) is 11.5. The molecule has 0 unspecified atom stereocenters. The molecule has 0 aromatic heterocycles. The van der Waals surface area contributed by atoms with Crippen LogP contribution in [-0.4, -0.2) is 24.7 Å². The summed E-state index contributed by atoms with van der Waals surface area (Å²) in [6.45, 7) is 0.851. The zero-order chi connectivity index (χ0) is 14.0. The Morgan fingerprint density at radius 1 is 1.32 bits per heavy atom. The molecule has 104 valence electrons. The van der Waals surface area contributed by atoms with Gasteiger partial charge in [-0.3, -0.25) is 4.79 Å². The minimum absolute atomic E-state index is 0.0361. The number of benzene rings is 1. The van der Waals surface area contributed by atoms with Crippen LogP contribution in [0, 0.1) is 5.82 Å². The van der Waals surface area contributed by atoms with Crippen molar-refractivity contribution >= 4 is 34.8 Å². The second-order valence-corrected chi connectivity index (χ2v) is 5.28. The molecule has 2 rings (SSSR count). The van der Waals surface area contributed by atoms with Crippen LogP contribution in [0.5, 0.6) is 0 Å². The van der Waals surface area contributed by atoms with Gasteiger partial charge in [0.2, 0.25) is 5.91 Å². The molecule has 19 heavy (non-hydrogen) atoms. The Morgan fingerprint density at radius 2 is 1.84 bits per heavy atom. The summed E-state index contributed by atoms with van der Waals surface area (Å²) in [4.78, 5) is 12.2. The number of hydrogen-bond donors (Lipinski definition) is 2. The third-order valence-electron chi connectivity index (χ3n) is 3.08. The molecular formula is C12H13Cl2FN2O2. The highest BCUT2D eigenvalue weighted by molar-refractivity contribution is 6.39. The van der Waals surface area contributed by atoms with E-state index in [1.807, 2.05) is 0 Å². The maximum atomic E-state index is 13.1. The number of hydrogen-bond acceptors (Lipinski definition) is 3. The fraction of sp³-hybridized carbons (Fsp3) is 0.417. The van der Waals surface area contributed by atoms with Crippen LogP contribution in [0.15, 0.2) is 12.1 Å². The van der Waals surface area contributed by atoms with Crippen molar-refractivity contribution in [3.63, 3.8) is 0 Å². The molecule has 0 atom stereocenters. The summed E-state index contributed by atoms with van der Waals surface area (Å²) in [5.41, 5.74) is 5.19. The maximum Gasteiger partial charge on any atom is 0.244 e. The van der Waals surface area contributed by atoms with Crippen molar-refractivity contribution in [1.29, 1.82) is 0 Å². The maximum absolute atomic E-state index is 13.1. The molecule has 4 nitrogen and oxygen atoms in total. The Balaban J connectivity index is 2.19. The molecule has 0 radical (unpaired) electrons. The first-order valence-corrected chi connectivity index (χ1v) is 6.50. The molecule has 0 aliphatic carbocycles. The lowest BCUT2D eigenvalue weighted by molar-refractivity contribution is -0.124. The largest absolute Gasteiger partial charge is 0.381 e. The number of carbonyl (C=O) groups excluding carboxylic acids is 1. The lowest BCUT2D eigenvalue weighted by atomic mass is 9.90. The van der Waals surface area contributed by atoms with Crippen LogP contribution >= 0.6 is 23.2 Å². The number of nitrogens with one attached hydrogen (secondary N) is 1. The minimum Gasteiger partial charge on any atom is -0.381 e.